The van der Waals surface area contributed by atoms with Gasteiger partial charge in [0.1, 0.15) is 13.2 Å². The van der Waals surface area contributed by atoms with Crippen LogP contribution in [-0.4, -0.2) is 37.2 Å². The fourth-order valence-corrected chi connectivity index (χ4v) is 8.68. The monoisotopic (exact) mass is 979 g/mol. The third-order valence-corrected chi connectivity index (χ3v) is 13.2. The second kappa shape index (κ2) is 58.7. The van der Waals surface area contributed by atoms with Gasteiger partial charge >= 0.3 is 17.9 Å². The van der Waals surface area contributed by atoms with Crippen LogP contribution in [0.25, 0.3) is 0 Å². The number of rotatable bonds is 55. The molecular formula is C64H114O6. The lowest BCUT2D eigenvalue weighted by molar-refractivity contribution is -0.167. The Bertz CT molecular complexity index is 1260. The number of ether oxygens (including phenoxy) is 3. The van der Waals surface area contributed by atoms with E-state index in [1.165, 1.54) is 180 Å². The van der Waals surface area contributed by atoms with E-state index in [4.69, 9.17) is 14.2 Å². The van der Waals surface area contributed by atoms with E-state index in [0.717, 1.165) is 89.9 Å². The van der Waals surface area contributed by atoms with Gasteiger partial charge in [-0.1, -0.05) is 248 Å². The average molecular weight is 980 g/mol. The van der Waals surface area contributed by atoms with Crippen molar-refractivity contribution < 1.29 is 28.6 Å². The Morgan fingerprint density at radius 1 is 0.300 bits per heavy atom. The summed E-state index contributed by atoms with van der Waals surface area (Å²) in [6.45, 7) is 6.54. The summed E-state index contributed by atoms with van der Waals surface area (Å²) in [5.41, 5.74) is 0. The van der Waals surface area contributed by atoms with Crippen LogP contribution in [-0.2, 0) is 28.6 Å². The van der Waals surface area contributed by atoms with Gasteiger partial charge in [-0.05, 0) is 103 Å². The van der Waals surface area contributed by atoms with E-state index >= 15 is 0 Å². The maximum Gasteiger partial charge on any atom is 0.306 e. The molecule has 0 aromatic carbocycles. The second-order valence-corrected chi connectivity index (χ2v) is 20.2. The van der Waals surface area contributed by atoms with Crippen LogP contribution in [0.15, 0.2) is 60.8 Å². The van der Waals surface area contributed by atoms with Crippen molar-refractivity contribution in [2.24, 2.45) is 0 Å². The van der Waals surface area contributed by atoms with Gasteiger partial charge in [-0.25, -0.2) is 0 Å². The first-order chi connectivity index (χ1) is 34.5. The molecule has 0 aromatic heterocycles. The highest BCUT2D eigenvalue weighted by Crippen LogP contribution is 2.16. The standard InChI is InChI=1S/C64H114O6/c1-4-7-10-13-16-19-22-25-28-31-32-34-36-39-42-45-48-51-54-57-63(66)69-60-61(59-68-62(65)56-53-50-47-44-41-38-35-30-27-24-21-18-15-12-9-6-3)70-64(67)58-55-52-49-46-43-40-37-33-29-26-23-20-17-14-11-8-5-2/h8,11,17,20,25-26,28-30,35,61H,4-7,9-10,12-16,18-19,21-24,27,31-34,36-60H2,1-3H3/b11-8-,20-17-,28-25-,29-26-,35-30-. The lowest BCUT2D eigenvalue weighted by atomic mass is 10.1. The molecule has 0 radical (unpaired) electrons. The van der Waals surface area contributed by atoms with Crippen LogP contribution < -0.4 is 0 Å². The quantitative estimate of drug-likeness (QED) is 0.0261. The molecule has 0 amide bonds. The molecule has 0 saturated carbocycles. The summed E-state index contributed by atoms with van der Waals surface area (Å²) in [6.07, 6.45) is 73.5. The molecule has 0 saturated heterocycles. The van der Waals surface area contributed by atoms with Gasteiger partial charge in [-0.15, -0.1) is 0 Å². The highest BCUT2D eigenvalue weighted by atomic mass is 16.6. The van der Waals surface area contributed by atoms with Gasteiger partial charge in [-0.3, -0.25) is 14.4 Å². The normalized spacial score (nSPS) is 12.4. The molecule has 0 aromatic rings. The summed E-state index contributed by atoms with van der Waals surface area (Å²) < 4.78 is 16.9. The van der Waals surface area contributed by atoms with E-state index in [9.17, 15) is 14.4 Å². The van der Waals surface area contributed by atoms with Gasteiger partial charge in [0.25, 0.3) is 0 Å². The van der Waals surface area contributed by atoms with Gasteiger partial charge in [0.05, 0.1) is 0 Å². The zero-order valence-electron chi connectivity index (χ0n) is 46.5. The first-order valence-electron chi connectivity index (χ1n) is 30.3. The SMILES string of the molecule is CC/C=C\C/C=C\C/C=C\CCCCCCCCCC(=O)OC(COC(=O)CCCCCCC/C=C\CCCCCCCCC)COC(=O)CCCCCCCCCCC/C=C\CCCCCCCC. The van der Waals surface area contributed by atoms with Crippen LogP contribution in [0, 0.1) is 0 Å². The lowest BCUT2D eigenvalue weighted by Crippen LogP contribution is -2.30. The molecule has 1 atom stereocenters. The van der Waals surface area contributed by atoms with Gasteiger partial charge in [0.15, 0.2) is 6.10 Å². The number of hydrogen-bond acceptors (Lipinski definition) is 6. The third kappa shape index (κ3) is 56.0. The molecule has 0 fully saturated rings. The second-order valence-electron chi connectivity index (χ2n) is 20.2. The van der Waals surface area contributed by atoms with Crippen molar-refractivity contribution in [2.45, 2.75) is 316 Å². The molecule has 70 heavy (non-hydrogen) atoms. The number of carbonyl (C=O) groups excluding carboxylic acids is 3. The average Bonchev–Trinajstić information content (AvgIpc) is 3.36. The fraction of sp³-hybridized carbons (Fsp3) is 0.797. The Kier molecular flexibility index (Phi) is 56.3. The van der Waals surface area contributed by atoms with Crippen molar-refractivity contribution in [3.8, 4) is 0 Å². The maximum absolute atomic E-state index is 12.9. The Labute approximate surface area is 434 Å². The van der Waals surface area contributed by atoms with Crippen LogP contribution in [0.2, 0.25) is 0 Å². The zero-order valence-corrected chi connectivity index (χ0v) is 46.5. The minimum absolute atomic E-state index is 0.0806. The first kappa shape index (κ1) is 67.1. The molecule has 0 aliphatic rings. The molecule has 0 N–H and O–H groups in total. The minimum Gasteiger partial charge on any atom is -0.462 e. The summed E-state index contributed by atoms with van der Waals surface area (Å²) >= 11 is 0. The fourth-order valence-electron chi connectivity index (χ4n) is 8.68. The van der Waals surface area contributed by atoms with Crippen molar-refractivity contribution in [1.29, 1.82) is 0 Å². The number of unbranched alkanes of at least 4 members (excludes halogenated alkanes) is 34. The largest absolute Gasteiger partial charge is 0.462 e. The summed E-state index contributed by atoms with van der Waals surface area (Å²) in [4.78, 5) is 38.2. The van der Waals surface area contributed by atoms with Crippen molar-refractivity contribution in [3.05, 3.63) is 60.8 Å². The molecular weight excluding hydrogens is 865 g/mol. The molecule has 0 aliphatic heterocycles. The van der Waals surface area contributed by atoms with E-state index in [0.29, 0.717) is 19.3 Å². The van der Waals surface area contributed by atoms with E-state index in [1.54, 1.807) is 0 Å². The summed E-state index contributed by atoms with van der Waals surface area (Å²) in [6, 6.07) is 0. The highest BCUT2D eigenvalue weighted by molar-refractivity contribution is 5.71. The summed E-state index contributed by atoms with van der Waals surface area (Å²) in [5.74, 6) is -0.887. The predicted octanol–water partition coefficient (Wildman–Crippen LogP) is 20.4. The minimum atomic E-state index is -0.784. The maximum atomic E-state index is 12.9. The summed E-state index contributed by atoms with van der Waals surface area (Å²) in [5, 5.41) is 0. The van der Waals surface area contributed by atoms with Gasteiger partial charge < -0.3 is 14.2 Å². The van der Waals surface area contributed by atoms with E-state index in [-0.39, 0.29) is 31.1 Å². The molecule has 0 rings (SSSR count). The van der Waals surface area contributed by atoms with Crippen molar-refractivity contribution in [2.75, 3.05) is 13.2 Å². The first-order valence-corrected chi connectivity index (χ1v) is 30.3. The molecule has 0 bridgehead atoms. The van der Waals surface area contributed by atoms with Gasteiger partial charge in [-0.2, -0.15) is 0 Å². The van der Waals surface area contributed by atoms with E-state index in [2.05, 4.69) is 81.5 Å². The van der Waals surface area contributed by atoms with Crippen LogP contribution in [0.5, 0.6) is 0 Å². The molecule has 406 valence electrons. The van der Waals surface area contributed by atoms with E-state index in [1.807, 2.05) is 0 Å². The molecule has 0 aliphatic carbocycles. The topological polar surface area (TPSA) is 78.9 Å². The van der Waals surface area contributed by atoms with Crippen LogP contribution in [0.4, 0.5) is 0 Å². The molecule has 0 spiro atoms. The van der Waals surface area contributed by atoms with Crippen LogP contribution in [0.1, 0.15) is 310 Å². The van der Waals surface area contributed by atoms with Crippen molar-refractivity contribution in [1.82, 2.24) is 0 Å². The van der Waals surface area contributed by atoms with Gasteiger partial charge in [0.2, 0.25) is 0 Å². The molecule has 6 nitrogen and oxygen atoms in total. The Morgan fingerprint density at radius 3 is 0.886 bits per heavy atom. The number of hydrogen-bond donors (Lipinski definition) is 0. The highest BCUT2D eigenvalue weighted by Gasteiger charge is 2.19. The van der Waals surface area contributed by atoms with Crippen molar-refractivity contribution >= 4 is 17.9 Å². The molecule has 0 heterocycles. The van der Waals surface area contributed by atoms with Crippen LogP contribution >= 0.6 is 0 Å². The Morgan fingerprint density at radius 2 is 0.557 bits per heavy atom. The van der Waals surface area contributed by atoms with E-state index < -0.39 is 6.10 Å². The number of allylic oxidation sites excluding steroid dienone is 10. The third-order valence-electron chi connectivity index (χ3n) is 13.2. The van der Waals surface area contributed by atoms with Crippen LogP contribution in [0.3, 0.4) is 0 Å². The molecule has 1 unspecified atom stereocenters. The Balaban J connectivity index is 4.38. The zero-order chi connectivity index (χ0) is 50.7. The van der Waals surface area contributed by atoms with Gasteiger partial charge in [0, 0.05) is 19.3 Å². The number of esters is 3. The van der Waals surface area contributed by atoms with Crippen molar-refractivity contribution in [3.63, 3.8) is 0 Å². The summed E-state index contributed by atoms with van der Waals surface area (Å²) in [7, 11) is 0. The molecule has 6 heteroatoms. The smallest absolute Gasteiger partial charge is 0.306 e. The number of carbonyl (C=O) groups is 3. The lowest BCUT2D eigenvalue weighted by Gasteiger charge is -2.18. The predicted molar refractivity (Wildman–Crippen MR) is 302 cm³/mol. The Hall–Kier alpha value is -2.89.